The normalized spacial score (nSPS) is 23.7. The third-order valence-electron chi connectivity index (χ3n) is 4.77. The van der Waals surface area contributed by atoms with Gasteiger partial charge in [0.1, 0.15) is 11.9 Å². The maximum absolute atomic E-state index is 13.1. The molecule has 2 fully saturated rings. The number of ether oxygens (including phenoxy) is 1. The molecule has 1 aromatic carbocycles. The molecule has 1 unspecified atom stereocenters. The SMILES string of the molecule is CC1(CNC(=O)C2CCCCN2S(=O)(=O)c2ccc(F)cc2)COC1. The number of carbonyl (C=O) groups is 1. The maximum Gasteiger partial charge on any atom is 0.243 e. The van der Waals surface area contributed by atoms with Gasteiger partial charge in [0, 0.05) is 18.5 Å². The van der Waals surface area contributed by atoms with Gasteiger partial charge in [0.25, 0.3) is 0 Å². The molecule has 3 rings (SSSR count). The summed E-state index contributed by atoms with van der Waals surface area (Å²) in [6, 6.07) is 3.97. The van der Waals surface area contributed by atoms with Gasteiger partial charge in [0.2, 0.25) is 15.9 Å². The number of amides is 1. The molecule has 6 nitrogen and oxygen atoms in total. The highest BCUT2D eigenvalue weighted by Gasteiger charge is 2.39. The van der Waals surface area contributed by atoms with Gasteiger partial charge in [-0.1, -0.05) is 13.3 Å². The highest BCUT2D eigenvalue weighted by Crippen LogP contribution is 2.27. The quantitative estimate of drug-likeness (QED) is 0.853. The van der Waals surface area contributed by atoms with E-state index in [2.05, 4.69) is 5.32 Å². The third-order valence-corrected chi connectivity index (χ3v) is 6.69. The lowest BCUT2D eigenvalue weighted by molar-refractivity contribution is -0.130. The van der Waals surface area contributed by atoms with E-state index in [1.807, 2.05) is 6.92 Å². The third kappa shape index (κ3) is 3.86. The molecule has 2 saturated heterocycles. The number of carbonyl (C=O) groups excluding carboxylic acids is 1. The highest BCUT2D eigenvalue weighted by molar-refractivity contribution is 7.89. The Morgan fingerprint density at radius 1 is 1.32 bits per heavy atom. The van der Waals surface area contributed by atoms with Gasteiger partial charge in [-0.05, 0) is 37.1 Å². The Labute approximate surface area is 147 Å². The monoisotopic (exact) mass is 370 g/mol. The first kappa shape index (κ1) is 18.3. The van der Waals surface area contributed by atoms with E-state index >= 15 is 0 Å². The molecular formula is C17H23FN2O4S. The summed E-state index contributed by atoms with van der Waals surface area (Å²) in [6.45, 7) is 3.96. The van der Waals surface area contributed by atoms with Crippen LogP contribution < -0.4 is 5.32 Å². The fourth-order valence-corrected chi connectivity index (χ4v) is 4.82. The second-order valence-electron chi connectivity index (χ2n) is 7.10. The molecule has 1 atom stereocenters. The molecule has 1 amide bonds. The van der Waals surface area contributed by atoms with Crippen LogP contribution in [0.4, 0.5) is 4.39 Å². The van der Waals surface area contributed by atoms with Gasteiger partial charge in [0.05, 0.1) is 18.1 Å². The second-order valence-corrected chi connectivity index (χ2v) is 8.99. The fourth-order valence-electron chi connectivity index (χ4n) is 3.17. The zero-order chi connectivity index (χ0) is 18.1. The Morgan fingerprint density at radius 3 is 2.60 bits per heavy atom. The van der Waals surface area contributed by atoms with Crippen LogP contribution in [0.2, 0.25) is 0 Å². The lowest BCUT2D eigenvalue weighted by Gasteiger charge is -2.39. The van der Waals surface area contributed by atoms with Crippen molar-refractivity contribution in [2.24, 2.45) is 5.41 Å². The average Bonchev–Trinajstić information content (AvgIpc) is 2.58. The molecule has 2 aliphatic heterocycles. The zero-order valence-electron chi connectivity index (χ0n) is 14.2. The van der Waals surface area contributed by atoms with Gasteiger partial charge in [-0.25, -0.2) is 12.8 Å². The summed E-state index contributed by atoms with van der Waals surface area (Å²) in [6.07, 6.45) is 1.99. The number of hydrogen-bond donors (Lipinski definition) is 1. The first-order chi connectivity index (χ1) is 11.8. The predicted molar refractivity (Wildman–Crippen MR) is 89.9 cm³/mol. The number of halogens is 1. The van der Waals surface area contributed by atoms with E-state index in [9.17, 15) is 17.6 Å². The lowest BCUT2D eigenvalue weighted by Crippen LogP contribution is -2.55. The molecule has 0 spiro atoms. The zero-order valence-corrected chi connectivity index (χ0v) is 15.0. The van der Waals surface area contributed by atoms with Crippen molar-refractivity contribution in [3.8, 4) is 0 Å². The second kappa shape index (κ2) is 7.01. The summed E-state index contributed by atoms with van der Waals surface area (Å²) in [4.78, 5) is 12.6. The topological polar surface area (TPSA) is 75.7 Å². The van der Waals surface area contributed by atoms with Gasteiger partial charge < -0.3 is 10.1 Å². The van der Waals surface area contributed by atoms with Crippen molar-refractivity contribution in [3.05, 3.63) is 30.1 Å². The summed E-state index contributed by atoms with van der Waals surface area (Å²) in [5.74, 6) is -0.777. The van der Waals surface area contributed by atoms with Crippen molar-refractivity contribution >= 4 is 15.9 Å². The Kier molecular flexibility index (Phi) is 5.13. The minimum atomic E-state index is -3.84. The minimum Gasteiger partial charge on any atom is -0.380 e. The molecule has 0 bridgehead atoms. The number of nitrogens with one attached hydrogen (secondary N) is 1. The highest BCUT2D eigenvalue weighted by atomic mass is 32.2. The van der Waals surface area contributed by atoms with Crippen molar-refractivity contribution in [2.75, 3.05) is 26.3 Å². The van der Waals surface area contributed by atoms with Crippen molar-refractivity contribution in [3.63, 3.8) is 0 Å². The lowest BCUT2D eigenvalue weighted by atomic mass is 9.88. The number of rotatable bonds is 5. The van der Waals surface area contributed by atoms with Crippen LogP contribution in [-0.4, -0.2) is 51.0 Å². The van der Waals surface area contributed by atoms with Crippen LogP contribution in [-0.2, 0) is 19.6 Å². The molecule has 0 aromatic heterocycles. The minimum absolute atomic E-state index is 0.00737. The summed E-state index contributed by atoms with van der Waals surface area (Å²) in [5, 5.41) is 2.87. The van der Waals surface area contributed by atoms with Gasteiger partial charge in [-0.15, -0.1) is 0 Å². The van der Waals surface area contributed by atoms with Crippen LogP contribution in [0.15, 0.2) is 29.2 Å². The first-order valence-corrected chi connectivity index (χ1v) is 9.89. The Hall–Kier alpha value is -1.51. The molecule has 25 heavy (non-hydrogen) atoms. The number of nitrogens with zero attached hydrogens (tertiary/aromatic N) is 1. The van der Waals surface area contributed by atoms with Crippen molar-refractivity contribution in [1.29, 1.82) is 0 Å². The smallest absolute Gasteiger partial charge is 0.243 e. The summed E-state index contributed by atoms with van der Waals surface area (Å²) in [7, 11) is -3.84. The van der Waals surface area contributed by atoms with E-state index < -0.39 is 21.9 Å². The van der Waals surface area contributed by atoms with Crippen LogP contribution in [0.25, 0.3) is 0 Å². The Bertz CT molecular complexity index is 732. The largest absolute Gasteiger partial charge is 0.380 e. The van der Waals surface area contributed by atoms with Gasteiger partial charge in [-0.3, -0.25) is 4.79 Å². The summed E-state index contributed by atoms with van der Waals surface area (Å²) >= 11 is 0. The van der Waals surface area contributed by atoms with E-state index in [0.29, 0.717) is 32.6 Å². The number of piperidine rings is 1. The Balaban J connectivity index is 1.75. The van der Waals surface area contributed by atoms with Crippen LogP contribution in [0.3, 0.4) is 0 Å². The van der Waals surface area contributed by atoms with Gasteiger partial charge in [-0.2, -0.15) is 4.31 Å². The standard InChI is InChI=1S/C17H23FN2O4S/c1-17(11-24-12-17)10-19-16(21)15-4-2-3-9-20(15)25(22,23)14-7-5-13(18)6-8-14/h5-8,15H,2-4,9-12H2,1H3,(H,19,21). The van der Waals surface area contributed by atoms with Gasteiger partial charge >= 0.3 is 0 Å². The molecule has 0 radical (unpaired) electrons. The van der Waals surface area contributed by atoms with Crippen LogP contribution >= 0.6 is 0 Å². The van der Waals surface area contributed by atoms with Gasteiger partial charge in [0.15, 0.2) is 0 Å². The molecular weight excluding hydrogens is 347 g/mol. The number of hydrogen-bond acceptors (Lipinski definition) is 4. The van der Waals surface area contributed by atoms with Crippen LogP contribution in [0, 0.1) is 11.2 Å². The van der Waals surface area contributed by atoms with E-state index in [1.165, 1.54) is 16.4 Å². The molecule has 2 heterocycles. The molecule has 1 N–H and O–H groups in total. The molecule has 2 aliphatic rings. The van der Waals surface area contributed by atoms with E-state index in [1.54, 1.807) is 0 Å². The van der Waals surface area contributed by atoms with Crippen molar-refractivity contribution < 1.29 is 22.3 Å². The van der Waals surface area contributed by atoms with E-state index in [-0.39, 0.29) is 22.8 Å². The summed E-state index contributed by atoms with van der Waals surface area (Å²) in [5.41, 5.74) is -0.0784. The van der Waals surface area contributed by atoms with Crippen LogP contribution in [0.1, 0.15) is 26.2 Å². The van der Waals surface area contributed by atoms with E-state index in [4.69, 9.17) is 4.74 Å². The predicted octanol–water partition coefficient (Wildman–Crippen LogP) is 1.52. The molecule has 0 saturated carbocycles. The maximum atomic E-state index is 13.1. The molecule has 138 valence electrons. The van der Waals surface area contributed by atoms with Crippen molar-refractivity contribution in [2.45, 2.75) is 37.1 Å². The number of sulfonamides is 1. The fraction of sp³-hybridized carbons (Fsp3) is 0.588. The van der Waals surface area contributed by atoms with E-state index in [0.717, 1.165) is 18.6 Å². The Morgan fingerprint density at radius 2 is 2.00 bits per heavy atom. The molecule has 8 heteroatoms. The molecule has 0 aliphatic carbocycles. The number of benzene rings is 1. The average molecular weight is 370 g/mol. The van der Waals surface area contributed by atoms with Crippen LogP contribution in [0.5, 0.6) is 0 Å². The first-order valence-electron chi connectivity index (χ1n) is 8.45. The summed E-state index contributed by atoms with van der Waals surface area (Å²) < 4.78 is 45.3. The molecule has 1 aromatic rings. The van der Waals surface area contributed by atoms with Crippen molar-refractivity contribution in [1.82, 2.24) is 9.62 Å².